The Labute approximate surface area is 105 Å². The number of nitrogens with zero attached hydrogens (tertiary/aromatic N) is 1. The molecule has 4 nitrogen and oxygen atoms in total. The zero-order valence-corrected chi connectivity index (χ0v) is 10.7. The lowest BCUT2D eigenvalue weighted by atomic mass is 10.1. The molecule has 0 aromatic heterocycles. The number of nitro groups is 1. The average Bonchev–Trinajstić information content (AvgIpc) is 2.16. The topological polar surface area (TPSA) is 60.2 Å². The maximum absolute atomic E-state index is 11.4. The first-order chi connectivity index (χ1) is 6.97. The van der Waals surface area contributed by atoms with Gasteiger partial charge in [0.15, 0.2) is 5.78 Å². The van der Waals surface area contributed by atoms with E-state index in [9.17, 15) is 14.9 Å². The second-order valence-electron chi connectivity index (χ2n) is 2.93. The predicted octanol–water partition coefficient (Wildman–Crippen LogP) is 2.93. The average molecular weight is 340 g/mol. The first-order valence-electron chi connectivity index (χ1n) is 4.01. The number of halogens is 2. The van der Waals surface area contributed by atoms with Gasteiger partial charge in [-0.1, -0.05) is 0 Å². The molecule has 0 atom stereocenters. The highest BCUT2D eigenvalue weighted by molar-refractivity contribution is 14.1. The van der Waals surface area contributed by atoms with Gasteiger partial charge in [-0.05, 0) is 35.6 Å². The Balaban J connectivity index is 3.36. The van der Waals surface area contributed by atoms with Gasteiger partial charge in [0, 0.05) is 20.8 Å². The smallest absolute Gasteiger partial charge is 0.273 e. The molecule has 1 aromatic carbocycles. The van der Waals surface area contributed by atoms with Gasteiger partial charge in [-0.3, -0.25) is 14.9 Å². The second kappa shape index (κ2) is 4.89. The summed E-state index contributed by atoms with van der Waals surface area (Å²) < 4.78 is 0.682. The molecule has 0 amide bonds. The Morgan fingerprint density at radius 1 is 1.60 bits per heavy atom. The van der Waals surface area contributed by atoms with Gasteiger partial charge < -0.3 is 0 Å². The summed E-state index contributed by atoms with van der Waals surface area (Å²) in [6, 6.07) is 2.89. The van der Waals surface area contributed by atoms with Gasteiger partial charge in [-0.25, -0.2) is 0 Å². The van der Waals surface area contributed by atoms with Crippen LogP contribution in [0.1, 0.15) is 15.9 Å². The van der Waals surface area contributed by atoms with E-state index in [0.29, 0.717) is 14.7 Å². The third-order valence-electron chi connectivity index (χ3n) is 1.90. The van der Waals surface area contributed by atoms with Gasteiger partial charge in [0.25, 0.3) is 5.69 Å². The van der Waals surface area contributed by atoms with Gasteiger partial charge in [-0.2, -0.15) is 0 Å². The molecule has 0 aliphatic carbocycles. The van der Waals surface area contributed by atoms with E-state index in [2.05, 4.69) is 0 Å². The molecule has 0 saturated carbocycles. The number of alkyl halides is 1. The van der Waals surface area contributed by atoms with Crippen molar-refractivity contribution in [1.29, 1.82) is 0 Å². The van der Waals surface area contributed by atoms with Crippen LogP contribution >= 0.6 is 34.2 Å². The Hall–Kier alpha value is -0.690. The number of Topliss-reactive ketones (excluding diaryl/α,β-unsaturated/α-hetero) is 1. The molecule has 0 radical (unpaired) electrons. The monoisotopic (exact) mass is 339 g/mol. The minimum Gasteiger partial charge on any atom is -0.293 e. The van der Waals surface area contributed by atoms with Gasteiger partial charge in [-0.15, -0.1) is 11.6 Å². The summed E-state index contributed by atoms with van der Waals surface area (Å²) >= 11 is 7.37. The van der Waals surface area contributed by atoms with Gasteiger partial charge in [0.1, 0.15) is 0 Å². The molecule has 0 heterocycles. The van der Waals surface area contributed by atoms with Crippen molar-refractivity contribution in [2.24, 2.45) is 0 Å². The lowest BCUT2D eigenvalue weighted by Gasteiger charge is -2.03. The molecule has 0 N–H and O–H groups in total. The molecule has 0 aliphatic rings. The number of carbonyl (C=O) groups is 1. The van der Waals surface area contributed by atoms with Crippen LogP contribution < -0.4 is 0 Å². The Kier molecular flexibility index (Phi) is 4.04. The first-order valence-corrected chi connectivity index (χ1v) is 5.62. The van der Waals surface area contributed by atoms with Crippen molar-refractivity contribution in [2.75, 3.05) is 5.88 Å². The highest BCUT2D eigenvalue weighted by atomic mass is 127. The molecular weight excluding hydrogens is 332 g/mol. The molecule has 15 heavy (non-hydrogen) atoms. The molecule has 80 valence electrons. The predicted molar refractivity (Wildman–Crippen MR) is 65.6 cm³/mol. The Morgan fingerprint density at radius 2 is 2.20 bits per heavy atom. The van der Waals surface area contributed by atoms with Gasteiger partial charge in [0.2, 0.25) is 0 Å². The fourth-order valence-electron chi connectivity index (χ4n) is 1.14. The van der Waals surface area contributed by atoms with Crippen molar-refractivity contribution in [3.63, 3.8) is 0 Å². The van der Waals surface area contributed by atoms with Crippen LogP contribution in [0.15, 0.2) is 12.1 Å². The van der Waals surface area contributed by atoms with E-state index in [1.807, 2.05) is 22.6 Å². The summed E-state index contributed by atoms with van der Waals surface area (Å²) in [6.07, 6.45) is 0. The zero-order valence-electron chi connectivity index (χ0n) is 7.79. The number of nitro benzene ring substituents is 1. The summed E-state index contributed by atoms with van der Waals surface area (Å²) in [5, 5.41) is 10.7. The number of benzene rings is 1. The Bertz CT molecular complexity index is 434. The van der Waals surface area contributed by atoms with E-state index in [-0.39, 0.29) is 17.4 Å². The van der Waals surface area contributed by atoms with Crippen molar-refractivity contribution < 1.29 is 9.72 Å². The molecule has 1 aromatic rings. The van der Waals surface area contributed by atoms with Crippen LogP contribution in [0.2, 0.25) is 0 Å². The highest BCUT2D eigenvalue weighted by Crippen LogP contribution is 2.24. The van der Waals surface area contributed by atoms with E-state index in [1.165, 1.54) is 6.07 Å². The zero-order chi connectivity index (χ0) is 11.6. The number of hydrogen-bond donors (Lipinski definition) is 0. The summed E-state index contributed by atoms with van der Waals surface area (Å²) in [5.74, 6) is -0.472. The van der Waals surface area contributed by atoms with Crippen molar-refractivity contribution in [3.8, 4) is 0 Å². The van der Waals surface area contributed by atoms with Crippen LogP contribution in [0.3, 0.4) is 0 Å². The number of ketones is 1. The van der Waals surface area contributed by atoms with Crippen LogP contribution in [0.5, 0.6) is 0 Å². The fraction of sp³-hybridized carbons (Fsp3) is 0.222. The quantitative estimate of drug-likeness (QED) is 0.280. The first kappa shape index (κ1) is 12.4. The molecule has 1 rings (SSSR count). The van der Waals surface area contributed by atoms with E-state index in [0.717, 1.165) is 0 Å². The van der Waals surface area contributed by atoms with Crippen LogP contribution in [0.25, 0.3) is 0 Å². The normalized spacial score (nSPS) is 10.1. The number of carbonyl (C=O) groups excluding carboxylic acids is 1. The van der Waals surface area contributed by atoms with Crippen LogP contribution in [0, 0.1) is 20.6 Å². The molecule has 0 fully saturated rings. The maximum Gasteiger partial charge on any atom is 0.273 e. The van der Waals surface area contributed by atoms with E-state index < -0.39 is 4.92 Å². The third kappa shape index (κ3) is 2.66. The molecule has 0 bridgehead atoms. The molecule has 0 spiro atoms. The van der Waals surface area contributed by atoms with Crippen molar-refractivity contribution in [3.05, 3.63) is 36.9 Å². The van der Waals surface area contributed by atoms with E-state index in [4.69, 9.17) is 11.6 Å². The van der Waals surface area contributed by atoms with Gasteiger partial charge >= 0.3 is 0 Å². The van der Waals surface area contributed by atoms with Crippen molar-refractivity contribution in [1.82, 2.24) is 0 Å². The van der Waals surface area contributed by atoms with Crippen LogP contribution in [-0.4, -0.2) is 16.6 Å². The van der Waals surface area contributed by atoms with Crippen LogP contribution in [0.4, 0.5) is 5.69 Å². The van der Waals surface area contributed by atoms with E-state index >= 15 is 0 Å². The molecule has 0 saturated heterocycles. The van der Waals surface area contributed by atoms with Crippen molar-refractivity contribution >= 4 is 45.7 Å². The molecule has 6 heteroatoms. The fourth-order valence-corrected chi connectivity index (χ4v) is 2.21. The summed E-state index contributed by atoms with van der Waals surface area (Å²) in [6.45, 7) is 1.63. The number of aryl methyl sites for hydroxylation is 1. The largest absolute Gasteiger partial charge is 0.293 e. The second-order valence-corrected chi connectivity index (χ2v) is 4.36. The summed E-state index contributed by atoms with van der Waals surface area (Å²) in [4.78, 5) is 21.5. The SMILES string of the molecule is Cc1cc(I)c(C(=O)CCl)cc1[N+](=O)[O-]. The van der Waals surface area contributed by atoms with Crippen molar-refractivity contribution in [2.45, 2.75) is 6.92 Å². The lowest BCUT2D eigenvalue weighted by molar-refractivity contribution is -0.385. The Morgan fingerprint density at radius 3 is 2.67 bits per heavy atom. The summed E-state index contributed by atoms with van der Waals surface area (Å²) in [5.41, 5.74) is 0.794. The summed E-state index contributed by atoms with van der Waals surface area (Å²) in [7, 11) is 0. The lowest BCUT2D eigenvalue weighted by Crippen LogP contribution is -2.05. The molecule has 0 unspecified atom stereocenters. The third-order valence-corrected chi connectivity index (χ3v) is 3.04. The highest BCUT2D eigenvalue weighted by Gasteiger charge is 2.17. The number of hydrogen-bond acceptors (Lipinski definition) is 3. The molecule has 0 aliphatic heterocycles. The standard InChI is InChI=1S/C9H7ClINO3/c1-5-2-7(11)6(9(13)4-10)3-8(5)12(14)15/h2-3H,4H2,1H3. The molecular formula is C9H7ClINO3. The number of rotatable bonds is 3. The minimum absolute atomic E-state index is 0.0520. The minimum atomic E-state index is -0.504. The maximum atomic E-state index is 11.4. The van der Waals surface area contributed by atoms with Gasteiger partial charge in [0.05, 0.1) is 10.8 Å². The van der Waals surface area contributed by atoms with E-state index in [1.54, 1.807) is 13.0 Å². The van der Waals surface area contributed by atoms with Crippen LogP contribution in [-0.2, 0) is 0 Å².